The van der Waals surface area contributed by atoms with Crippen molar-refractivity contribution in [2.75, 3.05) is 11.5 Å². The van der Waals surface area contributed by atoms with Crippen LogP contribution in [0.15, 0.2) is 46.8 Å². The zero-order valence-electron chi connectivity index (χ0n) is 22.3. The summed E-state index contributed by atoms with van der Waals surface area (Å²) >= 11 is 2.39. The largest absolute Gasteiger partial charge is 0.477 e. The Morgan fingerprint density at radius 1 is 1.24 bits per heavy atom. The van der Waals surface area contributed by atoms with Crippen LogP contribution in [0.5, 0.6) is 0 Å². The van der Waals surface area contributed by atoms with E-state index in [2.05, 4.69) is 26.2 Å². The molecule has 3 atom stereocenters. The Hall–Kier alpha value is -4.12. The van der Waals surface area contributed by atoms with E-state index in [0.29, 0.717) is 11.1 Å². The van der Waals surface area contributed by atoms with Crippen molar-refractivity contribution in [1.29, 1.82) is 0 Å². The predicted octanol–water partition coefficient (Wildman–Crippen LogP) is 0.255. The maximum atomic E-state index is 13.3. The van der Waals surface area contributed by atoms with Gasteiger partial charge in [0.15, 0.2) is 0 Å². The number of β-lactam (4-membered cyclic amide) rings is 1. The number of nitrogens with one attached hydrogen (secondary N) is 2. The number of rotatable bonds is 10. The molecule has 0 saturated carbocycles. The van der Waals surface area contributed by atoms with Gasteiger partial charge in [0.2, 0.25) is 17.0 Å². The minimum atomic E-state index is -1.30. The number of hydrogen-bond acceptors (Lipinski definition) is 11. The van der Waals surface area contributed by atoms with Gasteiger partial charge in [0.1, 0.15) is 35.3 Å². The summed E-state index contributed by atoms with van der Waals surface area (Å²) in [7, 11) is 0. The summed E-state index contributed by atoms with van der Waals surface area (Å²) in [6.45, 7) is 4.83. The molecule has 0 spiro atoms. The molecule has 17 heteroatoms. The number of carboxylic acid groups (broad SMARTS) is 1. The first-order valence-electron chi connectivity index (χ1n) is 12.3. The molecule has 0 radical (unpaired) electrons. The van der Waals surface area contributed by atoms with Crippen LogP contribution in [0, 0.1) is 0 Å². The van der Waals surface area contributed by atoms with Crippen molar-refractivity contribution in [3.63, 3.8) is 0 Å². The van der Waals surface area contributed by atoms with Crippen molar-refractivity contribution < 1.29 is 33.8 Å². The van der Waals surface area contributed by atoms with Gasteiger partial charge in [-0.1, -0.05) is 42.1 Å². The van der Waals surface area contributed by atoms with Gasteiger partial charge in [-0.3, -0.25) is 19.3 Å². The van der Waals surface area contributed by atoms with Crippen molar-refractivity contribution in [3.8, 4) is 0 Å². The van der Waals surface area contributed by atoms with Crippen molar-refractivity contribution in [2.24, 2.45) is 5.73 Å². The molecule has 1 saturated heterocycles. The number of nitrogens with zero attached hydrogens (tertiary/aromatic N) is 5. The molecular formula is C24H28N8O7S2. The number of primary amides is 1. The third-order valence-corrected chi connectivity index (χ3v) is 8.17. The summed E-state index contributed by atoms with van der Waals surface area (Å²) in [6, 6.07) is 6.30. The van der Waals surface area contributed by atoms with Crippen LogP contribution in [0.4, 0.5) is 4.79 Å². The Morgan fingerprint density at radius 3 is 2.59 bits per heavy atom. The van der Waals surface area contributed by atoms with Gasteiger partial charge in [-0.05, 0) is 42.3 Å². The molecule has 41 heavy (non-hydrogen) atoms. The van der Waals surface area contributed by atoms with Gasteiger partial charge in [-0.15, -0.1) is 16.9 Å². The van der Waals surface area contributed by atoms with E-state index < -0.39 is 52.8 Å². The number of benzene rings is 1. The Bertz CT molecular complexity index is 1390. The number of carbonyl (C=O) groups is 5. The van der Waals surface area contributed by atoms with Crippen LogP contribution in [0.2, 0.25) is 0 Å². The lowest BCUT2D eigenvalue weighted by atomic mass is 10.0. The molecule has 1 fully saturated rings. The van der Waals surface area contributed by atoms with E-state index in [1.165, 1.54) is 16.4 Å². The first-order chi connectivity index (χ1) is 19.4. The number of nitrogens with two attached hydrogens (primary N) is 1. The van der Waals surface area contributed by atoms with E-state index in [1.54, 1.807) is 51.1 Å². The highest BCUT2D eigenvalue weighted by atomic mass is 32.2. The summed E-state index contributed by atoms with van der Waals surface area (Å²) in [5, 5.41) is 25.8. The van der Waals surface area contributed by atoms with E-state index in [1.807, 2.05) is 0 Å². The number of amides is 4. The minimum Gasteiger partial charge on any atom is -0.477 e. The molecule has 4 rings (SSSR count). The van der Waals surface area contributed by atoms with E-state index in [-0.39, 0.29) is 28.9 Å². The maximum Gasteiger partial charge on any atom is 0.408 e. The van der Waals surface area contributed by atoms with E-state index >= 15 is 0 Å². The molecule has 0 aliphatic carbocycles. The first-order valence-corrected chi connectivity index (χ1v) is 14.3. The van der Waals surface area contributed by atoms with Gasteiger partial charge in [-0.2, -0.15) is 0 Å². The molecule has 3 heterocycles. The molecule has 5 N–H and O–H groups in total. The Balaban J connectivity index is 1.48. The average Bonchev–Trinajstić information content (AvgIpc) is 3.33. The van der Waals surface area contributed by atoms with Gasteiger partial charge < -0.3 is 26.2 Å². The van der Waals surface area contributed by atoms with Crippen molar-refractivity contribution in [3.05, 3.63) is 47.2 Å². The van der Waals surface area contributed by atoms with Crippen molar-refractivity contribution >= 4 is 53.3 Å². The van der Waals surface area contributed by atoms with Crippen LogP contribution < -0.4 is 16.4 Å². The van der Waals surface area contributed by atoms with Gasteiger partial charge in [0, 0.05) is 11.5 Å². The Labute approximate surface area is 242 Å². The van der Waals surface area contributed by atoms with Gasteiger partial charge in [0.25, 0.3) is 5.91 Å². The van der Waals surface area contributed by atoms with Crippen LogP contribution in [-0.2, 0) is 30.5 Å². The van der Waals surface area contributed by atoms with E-state index in [9.17, 15) is 29.1 Å². The number of alkyl carbamates (subject to hydrolysis) is 1. The molecule has 2 unspecified atom stereocenters. The lowest BCUT2D eigenvalue weighted by molar-refractivity contribution is -0.151. The highest BCUT2D eigenvalue weighted by Crippen LogP contribution is 2.41. The average molecular weight is 605 g/mol. The molecule has 2 aromatic rings. The van der Waals surface area contributed by atoms with Crippen LogP contribution in [0.1, 0.15) is 32.4 Å². The molecule has 0 bridgehead atoms. The number of fused-ring (bicyclic) bond motifs is 1. The summed E-state index contributed by atoms with van der Waals surface area (Å²) < 4.78 is 6.50. The molecule has 2 aliphatic heterocycles. The molecule has 15 nitrogen and oxygen atoms in total. The summed E-state index contributed by atoms with van der Waals surface area (Å²) in [6.07, 6.45) is -0.810. The fourth-order valence-electron chi connectivity index (χ4n) is 4.10. The topological polar surface area (TPSA) is 212 Å². The third-order valence-electron chi connectivity index (χ3n) is 5.78. The standard InChI is InChI=1S/C24H28N8O7S2/c1-24(2,3)39-23(38)27-15(12-7-5-4-6-8-12)18(34)26-16-19(35)32-17(21(36)37)13(10-40-20(16)32)11-41-22-28-29-30-31(22)9-14(25)33/h4-8,15-16,20H,9-11H2,1-3H3,(H2,25,33)(H,26,34)(H,27,38)(H,36,37)/t15?,16?,20-/m0/s1. The number of thioether (sulfide) groups is 2. The number of carboxylic acids is 1. The second-order valence-corrected chi connectivity index (χ2v) is 12.1. The first kappa shape index (κ1) is 29.9. The van der Waals surface area contributed by atoms with Crippen molar-refractivity contribution in [2.45, 2.75) is 55.5 Å². The number of ether oxygens (including phenoxy) is 1. The molecule has 218 valence electrons. The molecule has 2 aliphatic rings. The number of carbonyl (C=O) groups excluding carboxylic acids is 4. The zero-order valence-corrected chi connectivity index (χ0v) is 23.9. The predicted molar refractivity (Wildman–Crippen MR) is 146 cm³/mol. The lowest BCUT2D eigenvalue weighted by Gasteiger charge is -2.49. The second kappa shape index (κ2) is 12.2. The molecule has 1 aromatic carbocycles. The normalized spacial score (nSPS) is 19.1. The monoisotopic (exact) mass is 604 g/mol. The quantitative estimate of drug-likeness (QED) is 0.212. The Morgan fingerprint density at radius 2 is 1.95 bits per heavy atom. The summed E-state index contributed by atoms with van der Waals surface area (Å²) in [5.74, 6) is -2.80. The van der Waals surface area contributed by atoms with E-state index in [4.69, 9.17) is 10.5 Å². The van der Waals surface area contributed by atoms with Gasteiger partial charge >= 0.3 is 12.1 Å². The fourth-order valence-corrected chi connectivity index (χ4v) is 6.46. The number of hydrogen-bond donors (Lipinski definition) is 4. The van der Waals surface area contributed by atoms with Crippen molar-refractivity contribution in [1.82, 2.24) is 35.7 Å². The van der Waals surface area contributed by atoms with Crippen LogP contribution in [-0.4, -0.2) is 88.5 Å². The lowest BCUT2D eigenvalue weighted by Crippen LogP contribution is -2.71. The molecule has 4 amide bonds. The van der Waals surface area contributed by atoms with Crippen LogP contribution in [0.3, 0.4) is 0 Å². The van der Waals surface area contributed by atoms with Gasteiger partial charge in [0.05, 0.1) is 0 Å². The smallest absolute Gasteiger partial charge is 0.408 e. The number of aliphatic carboxylic acids is 1. The summed E-state index contributed by atoms with van der Waals surface area (Å²) in [4.78, 5) is 63.6. The van der Waals surface area contributed by atoms with Gasteiger partial charge in [-0.25, -0.2) is 14.3 Å². The maximum absolute atomic E-state index is 13.3. The minimum absolute atomic E-state index is 0.136. The number of tetrazole rings is 1. The molecular weight excluding hydrogens is 576 g/mol. The second-order valence-electron chi connectivity index (χ2n) is 10.0. The summed E-state index contributed by atoms with van der Waals surface area (Å²) in [5.41, 5.74) is 5.14. The molecule has 1 aromatic heterocycles. The SMILES string of the molecule is CC(C)(C)OC(=O)NC(C(=O)NC1C(=O)N2C(C(=O)O)=C(CSc3nnnn3CC(N)=O)CS[C@@H]12)c1ccccc1. The van der Waals surface area contributed by atoms with Crippen LogP contribution in [0.25, 0.3) is 0 Å². The highest BCUT2D eigenvalue weighted by molar-refractivity contribution is 8.01. The zero-order chi connectivity index (χ0) is 29.9. The number of aromatic nitrogens is 4. The highest BCUT2D eigenvalue weighted by Gasteiger charge is 2.54. The fraction of sp³-hybridized carbons (Fsp3) is 0.417. The van der Waals surface area contributed by atoms with E-state index in [0.717, 1.165) is 16.7 Å². The van der Waals surface area contributed by atoms with Crippen LogP contribution >= 0.6 is 23.5 Å². The Kier molecular flexibility index (Phi) is 8.86. The third kappa shape index (κ3) is 6.97.